The number of aliphatic hydroxyl groups excluding tert-OH is 13. The minimum absolute atomic E-state index is 0.0123. The Morgan fingerprint density at radius 1 is 0.453 bits per heavy atom. The van der Waals surface area contributed by atoms with Crippen LogP contribution < -0.4 is 44.1 Å². The number of amides is 4. The molecule has 6 fully saturated rings. The lowest BCUT2D eigenvalue weighted by molar-refractivity contribution is -0.270. The van der Waals surface area contributed by atoms with E-state index in [4.69, 9.17) is 58.8 Å². The Hall–Kier alpha value is -5.68. The number of nitrogen functional groups attached to an aromatic ring is 2. The highest BCUT2D eigenvalue weighted by Gasteiger charge is 2.52. The number of nitrogens with two attached hydrogens (primary N) is 2. The standard InChI is InChI=1S/C29H47N5O15.C27H43N5O14/c1-12(38)31-22-19(10-46-9-15-17(6-36)49-28(25(15)41)34-4-3-21(30)33-29(34)44)47-16(5-35)14(24(22)40)8-45-11-20-23(32-13(2)39)27(43)26(42)18(7-37)48-20;1-11(35)29-20-18(45-17(7-34)23(39)24(20)40)10-42-9-14-16(6-33)46-26(21(22(14)38)30-12(2)36)43-8-13-5-15(37)25(44-13)32-4-3-19(28)31-27(32)41/h3-4,14-20,22-28,35-37,40-43H,5-11H2,1-2H3,(H,31,38)(H,32,39)(H2,30,33,44);3-4,13-18,20-26,33-34,37-40H,5-10H2,1-2H3,(H,29,35)(H,30,36)(H2,28,31,41). The van der Waals surface area contributed by atoms with E-state index < -0.39 is 232 Å². The molecule has 39 heteroatoms. The molecule has 0 saturated carbocycles. The topological polar surface area (TPSA) is 594 Å². The van der Waals surface area contributed by atoms with Gasteiger partial charge in [0.2, 0.25) is 23.6 Å². The molecule has 6 aliphatic heterocycles. The highest BCUT2D eigenvalue weighted by molar-refractivity contribution is 5.74. The van der Waals surface area contributed by atoms with Crippen LogP contribution in [-0.2, 0) is 66.5 Å². The third kappa shape index (κ3) is 19.2. The van der Waals surface area contributed by atoms with Crippen LogP contribution in [0.5, 0.6) is 0 Å². The Labute approximate surface area is 542 Å². The molecule has 2 aromatic rings. The number of carbonyl (C=O) groups excluding carboxylic acids is 4. The van der Waals surface area contributed by atoms with E-state index in [0.717, 1.165) is 9.13 Å². The van der Waals surface area contributed by atoms with Crippen LogP contribution in [0.15, 0.2) is 34.1 Å². The van der Waals surface area contributed by atoms with Crippen molar-refractivity contribution in [2.75, 3.05) is 90.7 Å². The normalized spacial score (nSPS) is 37.9. The van der Waals surface area contributed by atoms with Crippen LogP contribution in [0.25, 0.3) is 0 Å². The van der Waals surface area contributed by atoms with Gasteiger partial charge in [-0.1, -0.05) is 0 Å². The number of nitrogens with one attached hydrogen (secondary N) is 4. The zero-order valence-corrected chi connectivity index (χ0v) is 52.4. The van der Waals surface area contributed by atoms with Crippen LogP contribution in [0.4, 0.5) is 11.6 Å². The number of nitrogens with zero attached hydrogens (tertiary/aromatic N) is 4. The van der Waals surface area contributed by atoms with Gasteiger partial charge in [0, 0.05) is 64.3 Å². The first-order chi connectivity index (χ1) is 45.1. The van der Waals surface area contributed by atoms with E-state index in [1.807, 2.05) is 0 Å². The molecule has 0 aromatic carbocycles. The molecule has 0 radical (unpaired) electrons. The molecule has 538 valence electrons. The van der Waals surface area contributed by atoms with Gasteiger partial charge in [-0.25, -0.2) is 9.59 Å². The van der Waals surface area contributed by atoms with Gasteiger partial charge in [0.05, 0.1) is 134 Å². The van der Waals surface area contributed by atoms with Crippen molar-refractivity contribution < 1.29 is 133 Å². The molecule has 0 spiro atoms. The Morgan fingerprint density at radius 3 is 1.22 bits per heavy atom. The summed E-state index contributed by atoms with van der Waals surface area (Å²) in [5.74, 6) is -4.65. The van der Waals surface area contributed by atoms with Crippen LogP contribution in [-0.4, -0.2) is 323 Å². The van der Waals surface area contributed by atoms with Crippen molar-refractivity contribution in [3.8, 4) is 0 Å². The van der Waals surface area contributed by atoms with Crippen LogP contribution in [0.3, 0.4) is 0 Å². The molecule has 2 aromatic heterocycles. The molecule has 39 nitrogen and oxygen atoms in total. The number of aromatic nitrogens is 4. The Bertz CT molecular complexity index is 2930. The van der Waals surface area contributed by atoms with Gasteiger partial charge in [-0.3, -0.25) is 28.3 Å². The fourth-order valence-electron chi connectivity index (χ4n) is 12.4. The lowest BCUT2D eigenvalue weighted by Gasteiger charge is -2.45. The minimum atomic E-state index is -1.48. The second-order valence-corrected chi connectivity index (χ2v) is 24.0. The van der Waals surface area contributed by atoms with Crippen molar-refractivity contribution in [3.63, 3.8) is 0 Å². The summed E-state index contributed by atoms with van der Waals surface area (Å²) in [6, 6.07) is -1.60. The van der Waals surface area contributed by atoms with Gasteiger partial charge in [-0.15, -0.1) is 0 Å². The van der Waals surface area contributed by atoms with E-state index in [1.165, 1.54) is 52.2 Å². The van der Waals surface area contributed by atoms with Gasteiger partial charge in [0.1, 0.15) is 84.8 Å². The number of hydrogen-bond donors (Lipinski definition) is 19. The first-order valence-corrected chi connectivity index (χ1v) is 30.7. The van der Waals surface area contributed by atoms with E-state index in [0.29, 0.717) is 0 Å². The van der Waals surface area contributed by atoms with E-state index >= 15 is 0 Å². The van der Waals surface area contributed by atoms with E-state index in [-0.39, 0.29) is 64.3 Å². The number of carbonyl (C=O) groups is 4. The number of aliphatic hydroxyl groups is 13. The predicted octanol–water partition coefficient (Wildman–Crippen LogP) is -11.4. The first-order valence-electron chi connectivity index (χ1n) is 30.7. The molecule has 95 heavy (non-hydrogen) atoms. The molecular weight excluding hydrogens is 1280 g/mol. The van der Waals surface area contributed by atoms with Crippen LogP contribution in [0.1, 0.15) is 46.6 Å². The molecule has 0 bridgehead atoms. The maximum absolute atomic E-state index is 12.3. The third-order valence-corrected chi connectivity index (χ3v) is 17.2. The number of anilines is 2. The lowest BCUT2D eigenvalue weighted by atomic mass is 9.85. The molecule has 8 heterocycles. The van der Waals surface area contributed by atoms with Crippen LogP contribution in [0, 0.1) is 17.8 Å². The van der Waals surface area contributed by atoms with Gasteiger partial charge in [0.25, 0.3) is 0 Å². The molecule has 27 atom stereocenters. The number of hydrogen-bond acceptors (Lipinski definition) is 33. The van der Waals surface area contributed by atoms with Crippen molar-refractivity contribution in [1.29, 1.82) is 0 Å². The quantitative estimate of drug-likeness (QED) is 0.0416. The molecule has 4 amide bonds. The second-order valence-electron chi connectivity index (χ2n) is 24.0. The van der Waals surface area contributed by atoms with Crippen molar-refractivity contribution >= 4 is 35.3 Å². The molecule has 6 aliphatic rings. The summed E-state index contributed by atoms with van der Waals surface area (Å²) in [5, 5.41) is 145. The average Bonchev–Trinajstić information content (AvgIpc) is 1.76. The molecule has 27 unspecified atom stereocenters. The summed E-state index contributed by atoms with van der Waals surface area (Å²) in [4.78, 5) is 79.4. The van der Waals surface area contributed by atoms with Crippen molar-refractivity contribution in [2.24, 2.45) is 17.8 Å². The molecule has 6 saturated heterocycles. The van der Waals surface area contributed by atoms with Gasteiger partial charge >= 0.3 is 11.4 Å². The Morgan fingerprint density at radius 2 is 0.811 bits per heavy atom. The summed E-state index contributed by atoms with van der Waals surface area (Å²) in [5.41, 5.74) is 9.60. The highest BCUT2D eigenvalue weighted by atomic mass is 16.7. The first kappa shape index (κ1) is 76.7. The number of ether oxygens (including phenoxy) is 10. The van der Waals surface area contributed by atoms with Gasteiger partial charge in [0.15, 0.2) is 18.7 Å². The summed E-state index contributed by atoms with van der Waals surface area (Å²) in [7, 11) is 0. The Balaban J connectivity index is 0.000000269. The van der Waals surface area contributed by atoms with Crippen molar-refractivity contribution in [3.05, 3.63) is 45.5 Å². The zero-order valence-electron chi connectivity index (χ0n) is 52.4. The van der Waals surface area contributed by atoms with E-state index in [1.54, 1.807) is 0 Å². The van der Waals surface area contributed by atoms with Gasteiger partial charge in [-0.05, 0) is 12.1 Å². The average molecular weight is 1370 g/mol. The third-order valence-electron chi connectivity index (χ3n) is 17.2. The predicted molar refractivity (Wildman–Crippen MR) is 316 cm³/mol. The maximum Gasteiger partial charge on any atom is 0.351 e. The second kappa shape index (κ2) is 35.2. The van der Waals surface area contributed by atoms with Crippen molar-refractivity contribution in [2.45, 2.75) is 181 Å². The van der Waals surface area contributed by atoms with E-state index in [2.05, 4.69) is 31.2 Å². The summed E-state index contributed by atoms with van der Waals surface area (Å²) < 4.78 is 60.2. The largest absolute Gasteiger partial charge is 0.394 e. The molecular formula is C56H90N10O29. The molecule has 8 rings (SSSR count). The molecule has 21 N–H and O–H groups in total. The minimum Gasteiger partial charge on any atom is -0.394 e. The van der Waals surface area contributed by atoms with Gasteiger partial charge < -0.3 is 146 Å². The fourth-order valence-corrected chi connectivity index (χ4v) is 12.4. The van der Waals surface area contributed by atoms with Gasteiger partial charge in [-0.2, -0.15) is 9.97 Å². The smallest absolute Gasteiger partial charge is 0.351 e. The fraction of sp³-hybridized carbons (Fsp3) is 0.786. The monoisotopic (exact) mass is 1370 g/mol. The van der Waals surface area contributed by atoms with E-state index in [9.17, 15) is 95.2 Å². The summed E-state index contributed by atoms with van der Waals surface area (Å²) >= 11 is 0. The van der Waals surface area contributed by atoms with Crippen LogP contribution in [0.2, 0.25) is 0 Å². The lowest BCUT2D eigenvalue weighted by Crippen LogP contribution is -2.65. The zero-order chi connectivity index (χ0) is 69.7. The maximum atomic E-state index is 12.3. The molecule has 0 aliphatic carbocycles. The Kier molecular flexibility index (Phi) is 28.4. The summed E-state index contributed by atoms with van der Waals surface area (Å²) in [6.45, 7) is 0.436. The SMILES string of the molecule is CC(=O)NC1C(COCC2C(CO)OC(COCC3C(CO)OC(n4ccc(N)nc4=O)C3O)C(NC(C)=O)C2O)OC(CO)C(O)C1O.CC(=O)NC1C(COCC2C(CO)OC(OCC3CC(O)C(n4ccc(N)nc4=O)O3)C(NC(C)=O)C2O)OC(CO)C(O)C1O. The summed E-state index contributed by atoms with van der Waals surface area (Å²) in [6.07, 6.45) is -20.7. The van der Waals surface area contributed by atoms with Crippen molar-refractivity contribution in [1.82, 2.24) is 40.4 Å². The van der Waals surface area contributed by atoms with Crippen LogP contribution >= 0.6 is 0 Å². The number of rotatable bonds is 26. The highest BCUT2D eigenvalue weighted by Crippen LogP contribution is 2.36.